The summed E-state index contributed by atoms with van der Waals surface area (Å²) in [7, 11) is 0. The highest BCUT2D eigenvalue weighted by molar-refractivity contribution is 6.02. The average molecular weight is 308 g/mol. The third kappa shape index (κ3) is 3.48. The Kier molecular flexibility index (Phi) is 4.24. The maximum absolute atomic E-state index is 12.2. The van der Waals surface area contributed by atoms with Crippen LogP contribution in [0, 0.1) is 6.92 Å². The van der Waals surface area contributed by atoms with Gasteiger partial charge in [0.15, 0.2) is 5.76 Å². The number of furan rings is 1. The van der Waals surface area contributed by atoms with Gasteiger partial charge in [-0.1, -0.05) is 18.6 Å². The van der Waals surface area contributed by atoms with Gasteiger partial charge in [-0.25, -0.2) is 0 Å². The van der Waals surface area contributed by atoms with Crippen molar-refractivity contribution >= 4 is 11.6 Å². The van der Waals surface area contributed by atoms with Gasteiger partial charge in [0.25, 0.3) is 5.91 Å². The van der Waals surface area contributed by atoms with E-state index in [1.165, 1.54) is 11.1 Å². The van der Waals surface area contributed by atoms with Crippen molar-refractivity contribution in [3.63, 3.8) is 0 Å². The van der Waals surface area contributed by atoms with Crippen LogP contribution < -0.4 is 5.32 Å². The van der Waals surface area contributed by atoms with Gasteiger partial charge < -0.3 is 9.73 Å². The van der Waals surface area contributed by atoms with Crippen LogP contribution in [0.15, 0.2) is 59.3 Å². The minimum atomic E-state index is -0.285. The molecule has 0 aliphatic rings. The second-order valence-electron chi connectivity index (χ2n) is 5.42. The summed E-state index contributed by atoms with van der Waals surface area (Å²) in [5.74, 6) is 0.691. The largest absolute Gasteiger partial charge is 0.451 e. The smallest absolute Gasteiger partial charge is 0.291 e. The Morgan fingerprint density at radius 3 is 2.87 bits per heavy atom. The highest BCUT2D eigenvalue weighted by Gasteiger charge is 2.13. The molecule has 0 fully saturated rings. The molecule has 0 atom stereocenters. The second-order valence-corrected chi connectivity index (χ2v) is 5.42. The number of aryl methyl sites for hydroxylation is 2. The number of anilines is 1. The molecule has 0 aliphatic heterocycles. The topological polar surface area (TPSA) is 55.1 Å². The molecule has 0 saturated carbocycles. The van der Waals surface area contributed by atoms with Crippen molar-refractivity contribution in [1.29, 1.82) is 0 Å². The summed E-state index contributed by atoms with van der Waals surface area (Å²) in [6.45, 7) is 4.18. The van der Waals surface area contributed by atoms with Crippen LogP contribution in [0.3, 0.4) is 0 Å². The molecule has 0 radical (unpaired) electrons. The first-order valence-electron chi connectivity index (χ1n) is 7.58. The number of hydrogen-bond donors (Lipinski definition) is 1. The molecule has 3 rings (SSSR count). The molecule has 2 aromatic heterocycles. The average Bonchev–Trinajstić information content (AvgIpc) is 3.05. The highest BCUT2D eigenvalue weighted by Crippen LogP contribution is 2.25. The van der Waals surface area contributed by atoms with E-state index in [0.717, 1.165) is 12.0 Å². The van der Waals surface area contributed by atoms with Crippen LogP contribution in [0.2, 0.25) is 0 Å². The van der Waals surface area contributed by atoms with Crippen LogP contribution in [0.25, 0.3) is 11.3 Å². The van der Waals surface area contributed by atoms with Crippen molar-refractivity contribution in [2.45, 2.75) is 20.3 Å². The van der Waals surface area contributed by atoms with Crippen LogP contribution >= 0.6 is 0 Å². The maximum Gasteiger partial charge on any atom is 0.291 e. The number of aromatic nitrogens is 1. The van der Waals surface area contributed by atoms with Crippen LogP contribution in [-0.4, -0.2) is 10.9 Å². The van der Waals surface area contributed by atoms with E-state index in [9.17, 15) is 4.79 Å². The van der Waals surface area contributed by atoms with Gasteiger partial charge in [0.1, 0.15) is 5.76 Å². The molecule has 0 bridgehead atoms. The fraction of sp³-hybridized carbons (Fsp3) is 0.158. The molecule has 0 aliphatic carbocycles. The van der Waals surface area contributed by atoms with Crippen molar-refractivity contribution in [2.75, 3.05) is 5.32 Å². The molecule has 0 unspecified atom stereocenters. The number of nitrogens with zero attached hydrogens (tertiary/aromatic N) is 1. The Hall–Kier alpha value is -2.88. The zero-order valence-electron chi connectivity index (χ0n) is 13.2. The lowest BCUT2D eigenvalue weighted by atomic mass is 10.0. The zero-order chi connectivity index (χ0) is 16.2. The Labute approximate surface area is 136 Å². The number of carbonyl (C=O) groups excluding carboxylic acids is 1. The number of amides is 1. The Balaban J connectivity index is 0.00000208. The van der Waals surface area contributed by atoms with Crippen LogP contribution in [0.1, 0.15) is 30.0 Å². The van der Waals surface area contributed by atoms with Gasteiger partial charge in [0.05, 0.1) is 11.9 Å². The van der Waals surface area contributed by atoms with Gasteiger partial charge in [-0.15, -0.1) is 0 Å². The van der Waals surface area contributed by atoms with Gasteiger partial charge >= 0.3 is 0 Å². The molecule has 4 heteroatoms. The van der Waals surface area contributed by atoms with Gasteiger partial charge in [0.2, 0.25) is 0 Å². The van der Waals surface area contributed by atoms with E-state index in [1.807, 2.05) is 6.07 Å². The first-order chi connectivity index (χ1) is 11.2. The quantitative estimate of drug-likeness (QED) is 0.759. The minimum absolute atomic E-state index is 0. The number of carbonyl (C=O) groups is 1. The molecule has 3 aromatic rings. The molecule has 1 N–H and O–H groups in total. The molecule has 0 saturated heterocycles. The van der Waals surface area contributed by atoms with E-state index in [4.69, 9.17) is 4.42 Å². The fourth-order valence-electron chi connectivity index (χ4n) is 2.45. The summed E-state index contributed by atoms with van der Waals surface area (Å²) >= 11 is 0. The number of rotatable bonds is 4. The third-order valence-corrected chi connectivity index (χ3v) is 3.58. The summed E-state index contributed by atoms with van der Waals surface area (Å²) < 4.78 is 5.73. The lowest BCUT2D eigenvalue weighted by molar-refractivity contribution is 0.0997. The summed E-state index contributed by atoms with van der Waals surface area (Å²) in [4.78, 5) is 16.2. The first-order valence-corrected chi connectivity index (χ1v) is 7.58. The van der Waals surface area contributed by atoms with Gasteiger partial charge in [0, 0.05) is 13.2 Å². The third-order valence-electron chi connectivity index (χ3n) is 3.58. The first kappa shape index (κ1) is 15.0. The van der Waals surface area contributed by atoms with Crippen molar-refractivity contribution in [3.8, 4) is 11.3 Å². The van der Waals surface area contributed by atoms with Crippen LogP contribution in [0.4, 0.5) is 5.69 Å². The molecule has 1 aromatic carbocycles. The lowest BCUT2D eigenvalue weighted by Crippen LogP contribution is -2.10. The SMILES string of the molecule is CCc1cc(C)cc(-c2ccc(C(=O)Nc3cccnc3)o2)c1.[HH]. The van der Waals surface area contributed by atoms with E-state index in [2.05, 4.69) is 42.3 Å². The van der Waals surface area contributed by atoms with Crippen molar-refractivity contribution in [1.82, 2.24) is 4.98 Å². The molecule has 23 heavy (non-hydrogen) atoms. The number of hydrogen-bond acceptors (Lipinski definition) is 3. The highest BCUT2D eigenvalue weighted by atomic mass is 16.3. The van der Waals surface area contributed by atoms with Crippen molar-refractivity contribution in [2.24, 2.45) is 0 Å². The predicted molar refractivity (Wildman–Crippen MR) is 92.6 cm³/mol. The summed E-state index contributed by atoms with van der Waals surface area (Å²) in [5, 5.41) is 2.76. The lowest BCUT2D eigenvalue weighted by Gasteiger charge is -2.04. The van der Waals surface area contributed by atoms with Gasteiger partial charge in [-0.05, 0) is 55.3 Å². The summed E-state index contributed by atoms with van der Waals surface area (Å²) in [5.41, 5.74) is 4.05. The Morgan fingerprint density at radius 1 is 1.26 bits per heavy atom. The van der Waals surface area contributed by atoms with E-state index < -0.39 is 0 Å². The number of benzene rings is 1. The molecule has 1 amide bonds. The molecule has 4 nitrogen and oxygen atoms in total. The van der Waals surface area contributed by atoms with Gasteiger partial charge in [-0.3, -0.25) is 9.78 Å². The molecule has 0 spiro atoms. The fourth-order valence-corrected chi connectivity index (χ4v) is 2.45. The summed E-state index contributed by atoms with van der Waals surface area (Å²) in [6, 6.07) is 13.4. The monoisotopic (exact) mass is 308 g/mol. The molecule has 118 valence electrons. The second kappa shape index (κ2) is 6.48. The van der Waals surface area contributed by atoms with E-state index in [-0.39, 0.29) is 13.1 Å². The van der Waals surface area contributed by atoms with Gasteiger partial charge in [-0.2, -0.15) is 0 Å². The molecular weight excluding hydrogens is 288 g/mol. The van der Waals surface area contributed by atoms with E-state index in [0.29, 0.717) is 11.4 Å². The van der Waals surface area contributed by atoms with E-state index >= 15 is 0 Å². The summed E-state index contributed by atoms with van der Waals surface area (Å²) in [6.07, 6.45) is 4.21. The number of pyridine rings is 1. The molecular formula is C19H20N2O2. The zero-order valence-corrected chi connectivity index (χ0v) is 13.2. The maximum atomic E-state index is 12.2. The van der Waals surface area contributed by atoms with Crippen molar-refractivity contribution in [3.05, 3.63) is 71.7 Å². The minimum Gasteiger partial charge on any atom is -0.451 e. The normalized spacial score (nSPS) is 10.5. The predicted octanol–water partition coefficient (Wildman–Crippen LogP) is 4.71. The van der Waals surface area contributed by atoms with Crippen LogP contribution in [-0.2, 0) is 6.42 Å². The van der Waals surface area contributed by atoms with Crippen molar-refractivity contribution < 1.29 is 10.6 Å². The molecule has 2 heterocycles. The van der Waals surface area contributed by atoms with Crippen LogP contribution in [0.5, 0.6) is 0 Å². The number of nitrogens with one attached hydrogen (secondary N) is 1. The Bertz CT molecular complexity index is 828. The standard InChI is InChI=1S/C19H18N2O2.H2/c1-3-14-9-13(2)10-15(11-14)17-6-7-18(23-17)19(22)21-16-5-4-8-20-12-16;/h4-12H,3H2,1-2H3,(H,21,22);1H. The Morgan fingerprint density at radius 2 is 2.13 bits per heavy atom. The van der Waals surface area contributed by atoms with E-state index in [1.54, 1.807) is 30.6 Å².